The molecule has 0 spiro atoms. The minimum Gasteiger partial charge on any atom is -0.388 e. The summed E-state index contributed by atoms with van der Waals surface area (Å²) in [7, 11) is 0. The van der Waals surface area contributed by atoms with Crippen molar-refractivity contribution in [2.24, 2.45) is 0 Å². The van der Waals surface area contributed by atoms with Gasteiger partial charge in [-0.15, -0.1) is 0 Å². The second kappa shape index (κ2) is 6.54. The van der Waals surface area contributed by atoms with Crippen LogP contribution in [0.1, 0.15) is 44.1 Å². The lowest BCUT2D eigenvalue weighted by Gasteiger charge is -2.40. The van der Waals surface area contributed by atoms with E-state index in [-0.39, 0.29) is 5.60 Å². The third kappa shape index (κ3) is 3.47. The number of hydrogen-bond acceptors (Lipinski definition) is 3. The fourth-order valence-electron chi connectivity index (χ4n) is 4.67. The first-order chi connectivity index (χ1) is 11.2. The highest BCUT2D eigenvalue weighted by atomic mass is 16.3. The van der Waals surface area contributed by atoms with Crippen molar-refractivity contribution in [1.29, 1.82) is 0 Å². The van der Waals surface area contributed by atoms with Gasteiger partial charge in [-0.1, -0.05) is 30.3 Å². The molecule has 3 fully saturated rings. The van der Waals surface area contributed by atoms with Gasteiger partial charge in [0.1, 0.15) is 0 Å². The normalized spacial score (nSPS) is 29.0. The van der Waals surface area contributed by atoms with Gasteiger partial charge in [0.05, 0.1) is 5.60 Å². The summed E-state index contributed by atoms with van der Waals surface area (Å²) in [5, 5.41) is 10.5. The SMILES string of the molecule is OC1(C2CCCN2C2CCN(CCc3ccccc3)CC2)CC1. The van der Waals surface area contributed by atoms with Crippen LogP contribution in [0.3, 0.4) is 0 Å². The maximum absolute atomic E-state index is 10.5. The molecule has 1 aromatic rings. The van der Waals surface area contributed by atoms with Crippen molar-refractivity contribution in [3.63, 3.8) is 0 Å². The molecule has 1 atom stereocenters. The molecule has 0 amide bonds. The van der Waals surface area contributed by atoms with Crippen molar-refractivity contribution < 1.29 is 5.11 Å². The zero-order chi connectivity index (χ0) is 15.7. The van der Waals surface area contributed by atoms with Crippen molar-refractivity contribution in [1.82, 2.24) is 9.80 Å². The van der Waals surface area contributed by atoms with Crippen LogP contribution >= 0.6 is 0 Å². The molecule has 2 saturated heterocycles. The van der Waals surface area contributed by atoms with Gasteiger partial charge in [0.15, 0.2) is 0 Å². The molecular formula is C20H30N2O. The van der Waals surface area contributed by atoms with Gasteiger partial charge in [-0.3, -0.25) is 4.90 Å². The number of benzene rings is 1. The standard InChI is InChI=1S/C20H30N2O/c23-20(11-12-20)19-7-4-13-22(19)18-9-15-21(16-10-18)14-8-17-5-2-1-3-6-17/h1-3,5-6,18-19,23H,4,7-16H2. The van der Waals surface area contributed by atoms with Crippen LogP contribution in [0, 0.1) is 0 Å². The molecule has 2 heterocycles. The molecule has 1 aliphatic carbocycles. The first-order valence-electron chi connectivity index (χ1n) is 9.49. The molecule has 126 valence electrons. The fourth-order valence-corrected chi connectivity index (χ4v) is 4.67. The minimum atomic E-state index is -0.319. The van der Waals surface area contributed by atoms with Crippen LogP contribution in [0.15, 0.2) is 30.3 Å². The van der Waals surface area contributed by atoms with Crippen molar-refractivity contribution in [2.45, 2.75) is 62.6 Å². The summed E-state index contributed by atoms with van der Waals surface area (Å²) in [5.74, 6) is 0. The van der Waals surface area contributed by atoms with E-state index in [0.29, 0.717) is 12.1 Å². The third-order valence-corrected chi connectivity index (χ3v) is 6.26. The molecule has 0 bridgehead atoms. The zero-order valence-corrected chi connectivity index (χ0v) is 14.2. The van der Waals surface area contributed by atoms with E-state index in [0.717, 1.165) is 19.3 Å². The van der Waals surface area contributed by atoms with E-state index in [1.165, 1.54) is 57.4 Å². The van der Waals surface area contributed by atoms with E-state index in [9.17, 15) is 5.11 Å². The average Bonchev–Trinajstić information content (AvgIpc) is 3.14. The highest BCUT2D eigenvalue weighted by Crippen LogP contribution is 2.45. The monoisotopic (exact) mass is 314 g/mol. The van der Waals surface area contributed by atoms with Crippen LogP contribution in [0.2, 0.25) is 0 Å². The topological polar surface area (TPSA) is 26.7 Å². The van der Waals surface area contributed by atoms with E-state index >= 15 is 0 Å². The van der Waals surface area contributed by atoms with Crippen LogP contribution in [0.4, 0.5) is 0 Å². The lowest BCUT2D eigenvalue weighted by Crippen LogP contribution is -2.50. The van der Waals surface area contributed by atoms with Crippen LogP contribution in [0.25, 0.3) is 0 Å². The lowest BCUT2D eigenvalue weighted by molar-refractivity contribution is 0.0135. The van der Waals surface area contributed by atoms with E-state index < -0.39 is 0 Å². The first-order valence-corrected chi connectivity index (χ1v) is 9.49. The highest BCUT2D eigenvalue weighted by Gasteiger charge is 2.52. The van der Waals surface area contributed by atoms with Gasteiger partial charge in [0, 0.05) is 18.6 Å². The number of rotatable bonds is 5. The van der Waals surface area contributed by atoms with E-state index in [1.807, 2.05) is 0 Å². The van der Waals surface area contributed by atoms with Crippen molar-refractivity contribution >= 4 is 0 Å². The van der Waals surface area contributed by atoms with E-state index in [1.54, 1.807) is 0 Å². The number of nitrogens with zero attached hydrogens (tertiary/aromatic N) is 2. The van der Waals surface area contributed by atoms with Gasteiger partial charge in [0.25, 0.3) is 0 Å². The van der Waals surface area contributed by atoms with Gasteiger partial charge < -0.3 is 10.0 Å². The maximum atomic E-state index is 10.5. The molecule has 1 aromatic carbocycles. The Morgan fingerprint density at radius 2 is 1.74 bits per heavy atom. The second-order valence-corrected chi connectivity index (χ2v) is 7.81. The molecule has 0 aromatic heterocycles. The van der Waals surface area contributed by atoms with Gasteiger partial charge in [0.2, 0.25) is 0 Å². The summed E-state index contributed by atoms with van der Waals surface area (Å²) in [5.41, 5.74) is 1.13. The van der Waals surface area contributed by atoms with Gasteiger partial charge in [-0.05, 0) is 70.1 Å². The number of hydrogen-bond donors (Lipinski definition) is 1. The Morgan fingerprint density at radius 3 is 2.43 bits per heavy atom. The Balaban J connectivity index is 1.26. The molecule has 3 heteroatoms. The predicted octanol–water partition coefficient (Wildman–Crippen LogP) is 2.68. The summed E-state index contributed by atoms with van der Waals surface area (Å²) in [6.45, 7) is 4.84. The molecule has 1 unspecified atom stereocenters. The number of likely N-dealkylation sites (tertiary alicyclic amines) is 2. The Morgan fingerprint density at radius 1 is 1.00 bits per heavy atom. The second-order valence-electron chi connectivity index (χ2n) is 7.81. The smallest absolute Gasteiger partial charge is 0.0804 e. The fraction of sp³-hybridized carbons (Fsp3) is 0.700. The summed E-state index contributed by atoms with van der Waals surface area (Å²) in [6.07, 6.45) is 8.28. The molecule has 3 nitrogen and oxygen atoms in total. The largest absolute Gasteiger partial charge is 0.388 e. The minimum absolute atomic E-state index is 0.319. The highest BCUT2D eigenvalue weighted by molar-refractivity contribution is 5.15. The molecule has 3 aliphatic rings. The van der Waals surface area contributed by atoms with Crippen LogP contribution in [0.5, 0.6) is 0 Å². The van der Waals surface area contributed by atoms with Crippen LogP contribution in [-0.4, -0.2) is 58.8 Å². The summed E-state index contributed by atoms with van der Waals surface area (Å²) in [4.78, 5) is 5.29. The summed E-state index contributed by atoms with van der Waals surface area (Å²) in [6, 6.07) is 12.0. The zero-order valence-electron chi connectivity index (χ0n) is 14.2. The van der Waals surface area contributed by atoms with Crippen molar-refractivity contribution in [3.8, 4) is 0 Å². The summed E-state index contributed by atoms with van der Waals surface area (Å²) >= 11 is 0. The van der Waals surface area contributed by atoms with Crippen LogP contribution < -0.4 is 0 Å². The van der Waals surface area contributed by atoms with Crippen LogP contribution in [-0.2, 0) is 6.42 Å². The Bertz CT molecular complexity index is 506. The molecule has 23 heavy (non-hydrogen) atoms. The number of piperidine rings is 1. The molecular weight excluding hydrogens is 284 g/mol. The van der Waals surface area contributed by atoms with E-state index in [4.69, 9.17) is 0 Å². The average molecular weight is 314 g/mol. The number of aliphatic hydroxyl groups is 1. The van der Waals surface area contributed by atoms with E-state index in [2.05, 4.69) is 40.1 Å². The Labute approximate surface area is 140 Å². The van der Waals surface area contributed by atoms with Crippen molar-refractivity contribution in [2.75, 3.05) is 26.2 Å². The van der Waals surface area contributed by atoms with Gasteiger partial charge in [-0.2, -0.15) is 0 Å². The van der Waals surface area contributed by atoms with Crippen molar-refractivity contribution in [3.05, 3.63) is 35.9 Å². The predicted molar refractivity (Wildman–Crippen MR) is 93.5 cm³/mol. The lowest BCUT2D eigenvalue weighted by atomic mass is 9.99. The Hall–Kier alpha value is -0.900. The molecule has 1 saturated carbocycles. The molecule has 1 N–H and O–H groups in total. The molecule has 0 radical (unpaired) electrons. The summed E-state index contributed by atoms with van der Waals surface area (Å²) < 4.78 is 0. The van der Waals surface area contributed by atoms with Gasteiger partial charge >= 0.3 is 0 Å². The quantitative estimate of drug-likeness (QED) is 0.905. The molecule has 4 rings (SSSR count). The Kier molecular flexibility index (Phi) is 4.44. The third-order valence-electron chi connectivity index (χ3n) is 6.26. The first kappa shape index (κ1) is 15.6. The van der Waals surface area contributed by atoms with Gasteiger partial charge in [-0.25, -0.2) is 0 Å². The maximum Gasteiger partial charge on any atom is 0.0804 e. The molecule has 2 aliphatic heterocycles.